The summed E-state index contributed by atoms with van der Waals surface area (Å²) in [5.41, 5.74) is 9.65. The lowest BCUT2D eigenvalue weighted by Gasteiger charge is -2.11. The Morgan fingerprint density at radius 3 is 2.61 bits per heavy atom. The fourth-order valence-electron chi connectivity index (χ4n) is 3.14. The van der Waals surface area contributed by atoms with E-state index in [2.05, 4.69) is 46.1 Å². The summed E-state index contributed by atoms with van der Waals surface area (Å²) in [6.07, 6.45) is 4.68. The van der Waals surface area contributed by atoms with E-state index in [4.69, 9.17) is 10.5 Å². The van der Waals surface area contributed by atoms with Crippen molar-refractivity contribution in [2.45, 2.75) is 0 Å². The molecule has 0 radical (unpaired) electrons. The minimum atomic E-state index is 0.358. The number of benzene rings is 1. The number of ether oxygens (including phenoxy) is 1. The standard InChI is InChI=1S/C22H14BrN7O/c23-14-4-1-3-13(9-14)16-10-18(28-22-20(16)21(24)26-12-27-22)17-6-7-19(30-29-17)31-15-5-2-8-25-11-15/h1-12H,(H2,24,26,27,28). The van der Waals surface area contributed by atoms with E-state index < -0.39 is 0 Å². The molecule has 150 valence electrons. The van der Waals surface area contributed by atoms with E-state index >= 15 is 0 Å². The molecule has 0 fully saturated rings. The predicted molar refractivity (Wildman–Crippen MR) is 120 cm³/mol. The number of anilines is 1. The molecule has 4 heterocycles. The van der Waals surface area contributed by atoms with Crippen LogP contribution in [0.5, 0.6) is 11.6 Å². The predicted octanol–water partition coefficient (Wildman–Crippen LogP) is 4.68. The van der Waals surface area contributed by atoms with Crippen molar-refractivity contribution in [3.63, 3.8) is 0 Å². The van der Waals surface area contributed by atoms with Crippen molar-refractivity contribution in [1.29, 1.82) is 0 Å². The second kappa shape index (κ2) is 8.04. The molecule has 0 unspecified atom stereocenters. The number of hydrogen-bond acceptors (Lipinski definition) is 8. The molecule has 0 atom stereocenters. The quantitative estimate of drug-likeness (QED) is 0.401. The number of halogens is 1. The van der Waals surface area contributed by atoms with Crippen LogP contribution in [0.4, 0.5) is 5.82 Å². The van der Waals surface area contributed by atoms with Gasteiger partial charge in [0.1, 0.15) is 23.6 Å². The van der Waals surface area contributed by atoms with Crippen LogP contribution in [-0.2, 0) is 0 Å². The molecule has 0 aliphatic carbocycles. The topological polar surface area (TPSA) is 113 Å². The van der Waals surface area contributed by atoms with E-state index in [9.17, 15) is 0 Å². The summed E-state index contributed by atoms with van der Waals surface area (Å²) in [5.74, 6) is 1.30. The summed E-state index contributed by atoms with van der Waals surface area (Å²) in [6.45, 7) is 0. The van der Waals surface area contributed by atoms with Gasteiger partial charge in [0, 0.05) is 16.7 Å². The van der Waals surface area contributed by atoms with Gasteiger partial charge in [-0.1, -0.05) is 28.1 Å². The fourth-order valence-corrected chi connectivity index (χ4v) is 3.54. The number of rotatable bonds is 4. The van der Waals surface area contributed by atoms with Crippen LogP contribution >= 0.6 is 15.9 Å². The average Bonchev–Trinajstić information content (AvgIpc) is 2.80. The van der Waals surface area contributed by atoms with Gasteiger partial charge in [-0.2, -0.15) is 0 Å². The molecule has 0 saturated heterocycles. The second-order valence-electron chi connectivity index (χ2n) is 6.57. The molecule has 31 heavy (non-hydrogen) atoms. The molecule has 1 aromatic carbocycles. The Morgan fingerprint density at radius 2 is 1.84 bits per heavy atom. The highest BCUT2D eigenvalue weighted by Crippen LogP contribution is 2.34. The smallest absolute Gasteiger partial charge is 0.238 e. The Morgan fingerprint density at radius 1 is 0.903 bits per heavy atom. The summed E-state index contributed by atoms with van der Waals surface area (Å²) in [7, 11) is 0. The van der Waals surface area contributed by atoms with E-state index in [0.717, 1.165) is 15.6 Å². The number of fused-ring (bicyclic) bond motifs is 1. The summed E-state index contributed by atoms with van der Waals surface area (Å²) < 4.78 is 6.61. The molecule has 0 bridgehead atoms. The van der Waals surface area contributed by atoms with Crippen molar-refractivity contribution in [3.05, 3.63) is 77.8 Å². The molecule has 0 saturated carbocycles. The number of nitrogens with two attached hydrogens (primary N) is 1. The van der Waals surface area contributed by atoms with E-state index in [1.165, 1.54) is 6.33 Å². The molecule has 5 aromatic rings. The van der Waals surface area contributed by atoms with Gasteiger partial charge in [0.2, 0.25) is 5.88 Å². The Balaban J connectivity index is 1.59. The third kappa shape index (κ3) is 3.90. The number of nitrogens with zero attached hydrogens (tertiary/aromatic N) is 6. The first-order valence-electron chi connectivity index (χ1n) is 9.26. The zero-order chi connectivity index (χ0) is 21.2. The van der Waals surface area contributed by atoms with Crippen LogP contribution in [0.15, 0.2) is 77.8 Å². The van der Waals surface area contributed by atoms with E-state index in [1.54, 1.807) is 36.7 Å². The lowest BCUT2D eigenvalue weighted by molar-refractivity contribution is 0.453. The monoisotopic (exact) mass is 471 g/mol. The SMILES string of the molecule is Nc1ncnc2nc(-c3ccc(Oc4cccnc4)nn3)cc(-c3cccc(Br)c3)c12. The van der Waals surface area contributed by atoms with Gasteiger partial charge in [-0.15, -0.1) is 10.2 Å². The van der Waals surface area contributed by atoms with Crippen LogP contribution in [-0.4, -0.2) is 30.1 Å². The Labute approximate surface area is 185 Å². The highest BCUT2D eigenvalue weighted by molar-refractivity contribution is 9.10. The molecule has 2 N–H and O–H groups in total. The van der Waals surface area contributed by atoms with E-state index in [0.29, 0.717) is 39.9 Å². The number of pyridine rings is 2. The number of nitrogen functional groups attached to an aromatic ring is 1. The maximum atomic E-state index is 6.16. The van der Waals surface area contributed by atoms with Gasteiger partial charge in [-0.05, 0) is 47.5 Å². The van der Waals surface area contributed by atoms with Crippen LogP contribution in [0.2, 0.25) is 0 Å². The maximum Gasteiger partial charge on any atom is 0.238 e. The molecule has 9 heteroatoms. The average molecular weight is 472 g/mol. The van der Waals surface area contributed by atoms with Crippen molar-refractivity contribution in [3.8, 4) is 34.1 Å². The van der Waals surface area contributed by atoms with Crippen LogP contribution in [0.1, 0.15) is 0 Å². The lowest BCUT2D eigenvalue weighted by Crippen LogP contribution is -2.00. The normalized spacial score (nSPS) is 10.9. The van der Waals surface area contributed by atoms with Gasteiger partial charge in [-0.25, -0.2) is 15.0 Å². The Kier molecular flexibility index (Phi) is 4.93. The number of hydrogen-bond donors (Lipinski definition) is 1. The van der Waals surface area contributed by atoms with Crippen molar-refractivity contribution in [1.82, 2.24) is 30.1 Å². The van der Waals surface area contributed by atoms with Crippen LogP contribution in [0.25, 0.3) is 33.5 Å². The van der Waals surface area contributed by atoms with Gasteiger partial charge >= 0.3 is 0 Å². The van der Waals surface area contributed by atoms with Crippen LogP contribution in [0, 0.1) is 0 Å². The largest absolute Gasteiger partial charge is 0.436 e. The molecule has 5 rings (SSSR count). The first kappa shape index (κ1) is 19.0. The minimum Gasteiger partial charge on any atom is -0.436 e. The van der Waals surface area contributed by atoms with Crippen molar-refractivity contribution >= 4 is 32.8 Å². The zero-order valence-corrected chi connectivity index (χ0v) is 17.6. The molecule has 0 aliphatic heterocycles. The Hall–Kier alpha value is -3.98. The minimum absolute atomic E-state index is 0.358. The third-order valence-corrected chi connectivity index (χ3v) is 5.02. The molecular weight excluding hydrogens is 458 g/mol. The van der Waals surface area contributed by atoms with Crippen LogP contribution < -0.4 is 10.5 Å². The van der Waals surface area contributed by atoms with E-state index in [1.807, 2.05) is 30.3 Å². The van der Waals surface area contributed by atoms with Crippen LogP contribution in [0.3, 0.4) is 0 Å². The van der Waals surface area contributed by atoms with Gasteiger partial charge in [-0.3, -0.25) is 4.98 Å². The highest BCUT2D eigenvalue weighted by atomic mass is 79.9. The number of aromatic nitrogens is 6. The molecule has 0 amide bonds. The first-order valence-corrected chi connectivity index (χ1v) is 10.1. The van der Waals surface area contributed by atoms with Crippen molar-refractivity contribution < 1.29 is 4.74 Å². The van der Waals surface area contributed by atoms with Crippen molar-refractivity contribution in [2.24, 2.45) is 0 Å². The molecule has 8 nitrogen and oxygen atoms in total. The third-order valence-electron chi connectivity index (χ3n) is 4.53. The fraction of sp³-hybridized carbons (Fsp3) is 0. The zero-order valence-electron chi connectivity index (χ0n) is 16.0. The van der Waals surface area contributed by atoms with Gasteiger partial charge in [0.25, 0.3) is 0 Å². The first-order chi connectivity index (χ1) is 15.2. The summed E-state index contributed by atoms with van der Waals surface area (Å²) >= 11 is 3.52. The van der Waals surface area contributed by atoms with Gasteiger partial charge < -0.3 is 10.5 Å². The summed E-state index contributed by atoms with van der Waals surface area (Å²) in [5, 5.41) is 9.13. The highest BCUT2D eigenvalue weighted by Gasteiger charge is 2.15. The molecular formula is C22H14BrN7O. The summed E-state index contributed by atoms with van der Waals surface area (Å²) in [6, 6.07) is 16.9. The summed E-state index contributed by atoms with van der Waals surface area (Å²) in [4.78, 5) is 17.1. The second-order valence-corrected chi connectivity index (χ2v) is 7.49. The van der Waals surface area contributed by atoms with E-state index in [-0.39, 0.29) is 0 Å². The van der Waals surface area contributed by atoms with Crippen molar-refractivity contribution in [2.75, 3.05) is 5.73 Å². The molecule has 0 spiro atoms. The lowest BCUT2D eigenvalue weighted by atomic mass is 10.0. The molecule has 0 aliphatic rings. The van der Waals surface area contributed by atoms with Gasteiger partial charge in [0.05, 0.1) is 17.3 Å². The Bertz CT molecular complexity index is 1380. The van der Waals surface area contributed by atoms with Gasteiger partial charge in [0.15, 0.2) is 5.65 Å². The maximum absolute atomic E-state index is 6.16. The molecule has 4 aromatic heterocycles.